The summed E-state index contributed by atoms with van der Waals surface area (Å²) in [7, 11) is 0. The minimum atomic E-state index is 0.212. The maximum absolute atomic E-state index is 8.64. The normalized spacial score (nSPS) is 11.5. The Kier molecular flexibility index (Phi) is 25.0. The van der Waals surface area contributed by atoms with Crippen molar-refractivity contribution in [1.82, 2.24) is 5.32 Å². The second kappa shape index (κ2) is 25.5. The van der Waals surface area contributed by atoms with Crippen LogP contribution in [0.25, 0.3) is 0 Å². The number of hydrogen-bond acceptors (Lipinski definition) is 2. The number of nitrogens with one attached hydrogen (secondary N) is 1. The maximum Gasteiger partial charge on any atom is 0.0603 e. The standard InChI is InChI=1S/C25H51NO/c1-2-3-4-5-6-7-8-9-10-11-12-13-14-15-16-17-18-19-20-21-22-23-26-24-25-27/h22-23,26-27H,2-21,24-25H2,1H3. The number of allylic oxidation sites excluding steroid dienone is 1. The maximum atomic E-state index is 8.64. The van der Waals surface area contributed by atoms with Gasteiger partial charge in [0, 0.05) is 6.54 Å². The molecule has 0 unspecified atom stereocenters. The molecule has 0 aromatic carbocycles. The fourth-order valence-corrected chi connectivity index (χ4v) is 3.66. The molecule has 0 rings (SSSR count). The minimum Gasteiger partial charge on any atom is -0.395 e. The number of aliphatic hydroxyl groups is 1. The molecular formula is C25H51NO. The average Bonchev–Trinajstić information content (AvgIpc) is 2.68. The third kappa shape index (κ3) is 25.5. The van der Waals surface area contributed by atoms with Crippen LogP contribution in [-0.4, -0.2) is 18.3 Å². The van der Waals surface area contributed by atoms with Crippen LogP contribution in [0.1, 0.15) is 135 Å². The van der Waals surface area contributed by atoms with Crippen LogP contribution in [0.5, 0.6) is 0 Å². The summed E-state index contributed by atoms with van der Waals surface area (Å²) >= 11 is 0. The van der Waals surface area contributed by atoms with E-state index in [9.17, 15) is 0 Å². The van der Waals surface area contributed by atoms with Crippen LogP contribution in [0.4, 0.5) is 0 Å². The van der Waals surface area contributed by atoms with Crippen molar-refractivity contribution < 1.29 is 5.11 Å². The van der Waals surface area contributed by atoms with Gasteiger partial charge in [0.15, 0.2) is 0 Å². The van der Waals surface area contributed by atoms with E-state index in [1.807, 2.05) is 6.20 Å². The summed E-state index contributed by atoms with van der Waals surface area (Å²) < 4.78 is 0. The number of hydrogen-bond donors (Lipinski definition) is 2. The smallest absolute Gasteiger partial charge is 0.0603 e. The van der Waals surface area contributed by atoms with Gasteiger partial charge in [0.2, 0.25) is 0 Å². The van der Waals surface area contributed by atoms with Crippen LogP contribution >= 0.6 is 0 Å². The topological polar surface area (TPSA) is 32.3 Å². The molecule has 0 aliphatic heterocycles. The minimum absolute atomic E-state index is 0.212. The van der Waals surface area contributed by atoms with E-state index in [1.54, 1.807) is 0 Å². The first-order valence-corrected chi connectivity index (χ1v) is 12.4. The highest BCUT2D eigenvalue weighted by atomic mass is 16.3. The first kappa shape index (κ1) is 26.5. The highest BCUT2D eigenvalue weighted by molar-refractivity contribution is 4.78. The van der Waals surface area contributed by atoms with Gasteiger partial charge >= 0.3 is 0 Å². The van der Waals surface area contributed by atoms with Crippen LogP contribution < -0.4 is 5.32 Å². The zero-order valence-electron chi connectivity index (χ0n) is 18.7. The molecule has 0 bridgehead atoms. The van der Waals surface area contributed by atoms with Crippen molar-refractivity contribution >= 4 is 0 Å². The Bertz CT molecular complexity index is 277. The van der Waals surface area contributed by atoms with Crippen molar-refractivity contribution in [3.05, 3.63) is 12.3 Å². The molecule has 0 radical (unpaired) electrons. The Balaban J connectivity index is 3.00. The van der Waals surface area contributed by atoms with Crippen molar-refractivity contribution in [2.75, 3.05) is 13.2 Å². The van der Waals surface area contributed by atoms with Gasteiger partial charge in [-0.25, -0.2) is 0 Å². The van der Waals surface area contributed by atoms with E-state index in [0.717, 1.165) is 6.42 Å². The summed E-state index contributed by atoms with van der Waals surface area (Å²) in [6, 6.07) is 0. The van der Waals surface area contributed by atoms with Crippen molar-refractivity contribution in [3.63, 3.8) is 0 Å². The van der Waals surface area contributed by atoms with E-state index in [4.69, 9.17) is 5.11 Å². The molecule has 0 aliphatic rings. The Morgan fingerprint density at radius 1 is 0.556 bits per heavy atom. The molecule has 162 valence electrons. The largest absolute Gasteiger partial charge is 0.395 e. The van der Waals surface area contributed by atoms with Crippen molar-refractivity contribution in [1.29, 1.82) is 0 Å². The summed E-state index contributed by atoms with van der Waals surface area (Å²) in [6.07, 6.45) is 32.6. The highest BCUT2D eigenvalue weighted by Crippen LogP contribution is 2.14. The zero-order valence-corrected chi connectivity index (χ0v) is 18.7. The van der Waals surface area contributed by atoms with Gasteiger partial charge in [-0.1, -0.05) is 129 Å². The predicted octanol–water partition coefficient (Wildman–Crippen LogP) is 7.90. The van der Waals surface area contributed by atoms with Gasteiger partial charge in [-0.2, -0.15) is 0 Å². The third-order valence-corrected chi connectivity index (χ3v) is 5.47. The van der Waals surface area contributed by atoms with E-state index in [2.05, 4.69) is 18.3 Å². The van der Waals surface area contributed by atoms with Gasteiger partial charge in [0.05, 0.1) is 6.61 Å². The molecule has 2 N–H and O–H groups in total. The number of aliphatic hydroxyl groups excluding tert-OH is 1. The SMILES string of the molecule is CCCCCCCCCCCCCCCCCCCCCC=CNCCO. The molecule has 0 spiro atoms. The molecule has 0 atom stereocenters. The second-order valence-corrected chi connectivity index (χ2v) is 8.23. The highest BCUT2D eigenvalue weighted by Gasteiger charge is 1.95. The lowest BCUT2D eigenvalue weighted by atomic mass is 10.0. The van der Waals surface area contributed by atoms with E-state index in [-0.39, 0.29) is 6.61 Å². The fourth-order valence-electron chi connectivity index (χ4n) is 3.66. The Hall–Kier alpha value is -0.500. The Morgan fingerprint density at radius 2 is 0.926 bits per heavy atom. The van der Waals surface area contributed by atoms with Gasteiger partial charge in [-0.3, -0.25) is 0 Å². The van der Waals surface area contributed by atoms with Crippen molar-refractivity contribution in [2.24, 2.45) is 0 Å². The van der Waals surface area contributed by atoms with Gasteiger partial charge in [0.25, 0.3) is 0 Å². The molecular weight excluding hydrogens is 330 g/mol. The zero-order chi connectivity index (χ0) is 19.7. The summed E-state index contributed by atoms with van der Waals surface area (Å²) in [6.45, 7) is 3.17. The van der Waals surface area contributed by atoms with Crippen LogP contribution in [0.3, 0.4) is 0 Å². The molecule has 2 heteroatoms. The van der Waals surface area contributed by atoms with E-state index in [0.29, 0.717) is 6.54 Å². The quantitative estimate of drug-likeness (QED) is 0.176. The third-order valence-electron chi connectivity index (χ3n) is 5.47. The number of rotatable bonds is 23. The van der Waals surface area contributed by atoms with E-state index < -0.39 is 0 Å². The monoisotopic (exact) mass is 381 g/mol. The van der Waals surface area contributed by atoms with E-state index in [1.165, 1.54) is 122 Å². The van der Waals surface area contributed by atoms with Gasteiger partial charge in [0.1, 0.15) is 0 Å². The predicted molar refractivity (Wildman–Crippen MR) is 122 cm³/mol. The molecule has 27 heavy (non-hydrogen) atoms. The fraction of sp³-hybridized carbons (Fsp3) is 0.920. The molecule has 0 aliphatic carbocycles. The molecule has 0 amide bonds. The summed E-state index contributed by atoms with van der Waals surface area (Å²) in [5.74, 6) is 0. The van der Waals surface area contributed by atoms with Crippen LogP contribution in [0.15, 0.2) is 12.3 Å². The first-order valence-electron chi connectivity index (χ1n) is 12.4. The van der Waals surface area contributed by atoms with Crippen LogP contribution in [-0.2, 0) is 0 Å². The lowest BCUT2D eigenvalue weighted by Gasteiger charge is -2.04. The summed E-state index contributed by atoms with van der Waals surface area (Å²) in [5.41, 5.74) is 0. The second-order valence-electron chi connectivity index (χ2n) is 8.23. The van der Waals surface area contributed by atoms with Crippen molar-refractivity contribution in [2.45, 2.75) is 135 Å². The van der Waals surface area contributed by atoms with Gasteiger partial charge < -0.3 is 10.4 Å². The van der Waals surface area contributed by atoms with E-state index >= 15 is 0 Å². The number of unbranched alkanes of at least 4 members (excludes halogenated alkanes) is 19. The molecule has 0 aromatic heterocycles. The molecule has 0 saturated heterocycles. The van der Waals surface area contributed by atoms with Crippen LogP contribution in [0.2, 0.25) is 0 Å². The Morgan fingerprint density at radius 3 is 1.30 bits per heavy atom. The summed E-state index contributed by atoms with van der Waals surface area (Å²) in [4.78, 5) is 0. The molecule has 0 fully saturated rings. The molecule has 0 aromatic rings. The molecule has 2 nitrogen and oxygen atoms in total. The lowest BCUT2D eigenvalue weighted by Crippen LogP contribution is -2.10. The first-order chi connectivity index (χ1) is 13.4. The van der Waals surface area contributed by atoms with Gasteiger partial charge in [-0.15, -0.1) is 0 Å². The van der Waals surface area contributed by atoms with Crippen LogP contribution in [0, 0.1) is 0 Å². The van der Waals surface area contributed by atoms with Gasteiger partial charge in [-0.05, 0) is 19.0 Å². The molecule has 0 saturated carbocycles. The van der Waals surface area contributed by atoms with Crippen molar-refractivity contribution in [3.8, 4) is 0 Å². The summed E-state index contributed by atoms with van der Waals surface area (Å²) in [5, 5.41) is 11.7. The Labute approximate surface area is 171 Å². The lowest BCUT2D eigenvalue weighted by molar-refractivity contribution is 0.298. The molecule has 0 heterocycles. The average molecular weight is 382 g/mol.